The lowest BCUT2D eigenvalue weighted by Gasteiger charge is -2.37. The van der Waals surface area contributed by atoms with Crippen LogP contribution in [0.15, 0.2) is 70.3 Å². The first-order chi connectivity index (χ1) is 14.6. The third-order valence-electron chi connectivity index (χ3n) is 6.24. The normalized spacial score (nSPS) is 27.2. The number of rotatable bonds is 5. The summed E-state index contributed by atoms with van der Waals surface area (Å²) >= 11 is 3.42. The zero-order valence-corrected chi connectivity index (χ0v) is 17.9. The van der Waals surface area contributed by atoms with Crippen molar-refractivity contribution < 1.29 is 14.3 Å². The molecule has 2 aromatic rings. The number of allylic oxidation sites excluding steroid dienone is 2. The van der Waals surface area contributed by atoms with Gasteiger partial charge < -0.3 is 4.74 Å². The maximum Gasteiger partial charge on any atom is 0.254 e. The van der Waals surface area contributed by atoms with E-state index in [9.17, 15) is 9.59 Å². The fourth-order valence-corrected chi connectivity index (χ4v) is 4.99. The van der Waals surface area contributed by atoms with Gasteiger partial charge in [-0.25, -0.2) is 0 Å². The molecule has 30 heavy (non-hydrogen) atoms. The molecule has 1 heterocycles. The Hall–Kier alpha value is -2.73. The SMILES string of the molecule is O=C1C2C3C=CC(CC3)C2C(=O)N1/N=C/c1cccc(OCc2ccc(Br)cc2)c1. The molecule has 2 aromatic carbocycles. The van der Waals surface area contributed by atoms with Gasteiger partial charge in [0.1, 0.15) is 12.4 Å². The summed E-state index contributed by atoms with van der Waals surface area (Å²) in [7, 11) is 0. The fourth-order valence-electron chi connectivity index (χ4n) is 4.73. The van der Waals surface area contributed by atoms with Gasteiger partial charge in [0, 0.05) is 4.47 Å². The Bertz CT molecular complexity index is 1010. The number of nitrogens with zero attached hydrogens (tertiary/aromatic N) is 2. The maximum atomic E-state index is 12.8. The first kappa shape index (κ1) is 19.2. The summed E-state index contributed by atoms with van der Waals surface area (Å²) in [6, 6.07) is 15.4. The molecule has 1 aliphatic heterocycles. The van der Waals surface area contributed by atoms with Crippen LogP contribution in [0.25, 0.3) is 0 Å². The topological polar surface area (TPSA) is 59.0 Å². The monoisotopic (exact) mass is 464 g/mol. The number of hydrogen-bond acceptors (Lipinski definition) is 4. The predicted octanol–water partition coefficient (Wildman–Crippen LogP) is 4.56. The molecule has 0 N–H and O–H groups in total. The van der Waals surface area contributed by atoms with Gasteiger partial charge in [-0.2, -0.15) is 10.1 Å². The van der Waals surface area contributed by atoms with Crippen molar-refractivity contribution in [2.45, 2.75) is 19.4 Å². The van der Waals surface area contributed by atoms with E-state index in [0.717, 1.165) is 33.5 Å². The quantitative estimate of drug-likeness (QED) is 0.370. The van der Waals surface area contributed by atoms with Crippen molar-refractivity contribution >= 4 is 34.0 Å². The highest BCUT2D eigenvalue weighted by atomic mass is 79.9. The lowest BCUT2D eigenvalue weighted by atomic mass is 9.63. The van der Waals surface area contributed by atoms with Gasteiger partial charge in [-0.3, -0.25) is 9.59 Å². The molecule has 6 heteroatoms. The van der Waals surface area contributed by atoms with Crippen molar-refractivity contribution in [3.8, 4) is 5.75 Å². The second-order valence-electron chi connectivity index (χ2n) is 8.06. The smallest absolute Gasteiger partial charge is 0.254 e. The molecule has 0 spiro atoms. The van der Waals surface area contributed by atoms with Crippen molar-refractivity contribution in [2.75, 3.05) is 0 Å². The number of halogens is 1. The van der Waals surface area contributed by atoms with Crippen molar-refractivity contribution in [3.63, 3.8) is 0 Å². The minimum absolute atomic E-state index is 0.164. The van der Waals surface area contributed by atoms with E-state index in [0.29, 0.717) is 12.4 Å². The largest absolute Gasteiger partial charge is 0.489 e. The van der Waals surface area contributed by atoms with Crippen LogP contribution < -0.4 is 4.74 Å². The zero-order chi connectivity index (χ0) is 20.7. The third kappa shape index (κ3) is 3.49. The highest BCUT2D eigenvalue weighted by molar-refractivity contribution is 9.10. The van der Waals surface area contributed by atoms with E-state index in [2.05, 4.69) is 33.2 Å². The zero-order valence-electron chi connectivity index (χ0n) is 16.3. The van der Waals surface area contributed by atoms with Crippen LogP contribution in [-0.4, -0.2) is 23.0 Å². The second kappa shape index (κ2) is 7.84. The molecule has 2 bridgehead atoms. The van der Waals surface area contributed by atoms with E-state index in [1.54, 1.807) is 6.21 Å². The van der Waals surface area contributed by atoms with Gasteiger partial charge in [0.05, 0.1) is 18.1 Å². The van der Waals surface area contributed by atoms with Gasteiger partial charge in [-0.05, 0) is 60.1 Å². The molecular weight excluding hydrogens is 444 g/mol. The standard InChI is InChI=1S/C24H21BrN2O3/c25-19-10-4-15(5-11-19)14-30-20-3-1-2-16(12-20)13-26-27-23(28)21-17-6-7-18(9-8-17)22(21)24(27)29/h1-7,10-13,17-18,21-22H,8-9,14H2/b26-13+. The van der Waals surface area contributed by atoms with Crippen LogP contribution in [0.1, 0.15) is 24.0 Å². The fraction of sp³-hybridized carbons (Fsp3) is 0.292. The van der Waals surface area contributed by atoms with Gasteiger partial charge >= 0.3 is 0 Å². The summed E-state index contributed by atoms with van der Waals surface area (Å²) in [5, 5.41) is 5.35. The first-order valence-electron chi connectivity index (χ1n) is 10.2. The second-order valence-corrected chi connectivity index (χ2v) is 8.98. The molecule has 0 radical (unpaired) electrons. The first-order valence-corrected chi connectivity index (χ1v) is 11.0. The van der Waals surface area contributed by atoms with E-state index in [4.69, 9.17) is 4.74 Å². The van der Waals surface area contributed by atoms with Crippen molar-refractivity contribution in [1.82, 2.24) is 5.01 Å². The van der Waals surface area contributed by atoms with E-state index in [1.807, 2.05) is 48.5 Å². The van der Waals surface area contributed by atoms with Crippen LogP contribution in [0.2, 0.25) is 0 Å². The van der Waals surface area contributed by atoms with Crippen LogP contribution in [0.3, 0.4) is 0 Å². The van der Waals surface area contributed by atoms with Gasteiger partial charge in [0.15, 0.2) is 0 Å². The van der Waals surface area contributed by atoms with Crippen molar-refractivity contribution in [1.29, 1.82) is 0 Å². The Morgan fingerprint density at radius 1 is 1.00 bits per heavy atom. The summed E-state index contributed by atoms with van der Waals surface area (Å²) in [5.74, 6) is 0.250. The number of benzene rings is 2. The van der Waals surface area contributed by atoms with Crippen LogP contribution in [0.5, 0.6) is 5.75 Å². The number of hydrazone groups is 1. The van der Waals surface area contributed by atoms with E-state index < -0.39 is 0 Å². The number of carbonyl (C=O) groups excluding carboxylic acids is 2. The number of hydrogen-bond donors (Lipinski definition) is 0. The summed E-state index contributed by atoms with van der Waals surface area (Å²) < 4.78 is 6.89. The molecule has 0 aromatic heterocycles. The predicted molar refractivity (Wildman–Crippen MR) is 117 cm³/mol. The van der Waals surface area contributed by atoms with E-state index in [1.165, 1.54) is 0 Å². The molecule has 1 saturated heterocycles. The van der Waals surface area contributed by atoms with E-state index in [-0.39, 0.29) is 35.5 Å². The summed E-state index contributed by atoms with van der Waals surface area (Å²) in [6.45, 7) is 0.454. The molecule has 5 nitrogen and oxygen atoms in total. The van der Waals surface area contributed by atoms with Gasteiger partial charge in [0.25, 0.3) is 11.8 Å². The number of imide groups is 1. The highest BCUT2D eigenvalue weighted by Gasteiger charge is 2.56. The molecule has 6 rings (SSSR count). The van der Waals surface area contributed by atoms with Gasteiger partial charge in [0.2, 0.25) is 0 Å². The van der Waals surface area contributed by atoms with Crippen LogP contribution >= 0.6 is 15.9 Å². The molecule has 152 valence electrons. The highest BCUT2D eigenvalue weighted by Crippen LogP contribution is 2.49. The molecule has 1 saturated carbocycles. The number of amides is 2. The Morgan fingerprint density at radius 2 is 1.67 bits per heavy atom. The van der Waals surface area contributed by atoms with Crippen LogP contribution in [0.4, 0.5) is 0 Å². The lowest BCUT2D eigenvalue weighted by molar-refractivity contribution is -0.140. The van der Waals surface area contributed by atoms with E-state index >= 15 is 0 Å². The molecular formula is C24H21BrN2O3. The molecule has 4 atom stereocenters. The summed E-state index contributed by atoms with van der Waals surface area (Å²) in [6.07, 6.45) is 7.75. The maximum absolute atomic E-state index is 12.8. The Balaban J connectivity index is 1.28. The van der Waals surface area contributed by atoms with Crippen LogP contribution in [0, 0.1) is 23.7 Å². The number of fused-ring (bicyclic) bond motifs is 1. The minimum Gasteiger partial charge on any atom is -0.489 e. The van der Waals surface area contributed by atoms with Crippen molar-refractivity contribution in [3.05, 3.63) is 76.3 Å². The molecule has 2 amide bonds. The Kier molecular flexibility index (Phi) is 5.03. The molecule has 4 unspecified atom stereocenters. The van der Waals surface area contributed by atoms with Gasteiger partial charge in [-0.1, -0.05) is 52.3 Å². The number of ether oxygens (including phenoxy) is 1. The number of carbonyl (C=O) groups is 2. The summed E-state index contributed by atoms with van der Waals surface area (Å²) in [5.41, 5.74) is 1.84. The molecule has 2 fully saturated rings. The molecule has 4 aliphatic rings. The third-order valence-corrected chi connectivity index (χ3v) is 6.76. The lowest BCUT2D eigenvalue weighted by Crippen LogP contribution is -2.38. The minimum atomic E-state index is -0.237. The Labute approximate surface area is 183 Å². The Morgan fingerprint density at radius 3 is 2.30 bits per heavy atom. The van der Waals surface area contributed by atoms with Gasteiger partial charge in [-0.15, -0.1) is 0 Å². The summed E-state index contributed by atoms with van der Waals surface area (Å²) in [4.78, 5) is 25.7. The van der Waals surface area contributed by atoms with Crippen LogP contribution in [-0.2, 0) is 16.2 Å². The molecule has 3 aliphatic carbocycles. The average molecular weight is 465 g/mol. The van der Waals surface area contributed by atoms with Crippen molar-refractivity contribution in [2.24, 2.45) is 28.8 Å². The average Bonchev–Trinajstić information content (AvgIpc) is 3.05.